The first kappa shape index (κ1) is 28.1. The summed E-state index contributed by atoms with van der Waals surface area (Å²) in [6.45, 7) is 4.29. The molecule has 0 saturated heterocycles. The fourth-order valence-corrected chi connectivity index (χ4v) is 8.46. The lowest BCUT2D eigenvalue weighted by atomic mass is 9.96. The molecule has 10 heteroatoms. The summed E-state index contributed by atoms with van der Waals surface area (Å²) in [4.78, 5) is 18.8. The van der Waals surface area contributed by atoms with Gasteiger partial charge in [-0.3, -0.25) is 0 Å². The van der Waals surface area contributed by atoms with E-state index in [9.17, 15) is 5.11 Å². The molecule has 0 saturated carbocycles. The number of aryl methyl sites for hydroxylation is 2. The van der Waals surface area contributed by atoms with Gasteiger partial charge in [0, 0.05) is 20.8 Å². The molecule has 0 aliphatic heterocycles. The van der Waals surface area contributed by atoms with Crippen LogP contribution in [0, 0.1) is 0 Å². The first-order chi connectivity index (χ1) is 20.8. The van der Waals surface area contributed by atoms with Gasteiger partial charge in [0.2, 0.25) is 0 Å². The van der Waals surface area contributed by atoms with E-state index in [0.29, 0.717) is 22.7 Å². The monoisotopic (exact) mass is 668 g/mol. The molecule has 216 valence electrons. The lowest BCUT2D eigenvalue weighted by molar-refractivity contribution is 0.221. The molecule has 7 rings (SSSR count). The number of nitrogen functional groups attached to an aromatic ring is 2. The Morgan fingerprint density at radius 1 is 0.721 bits per heavy atom. The summed E-state index contributed by atoms with van der Waals surface area (Å²) >= 11 is 7.00. The zero-order valence-electron chi connectivity index (χ0n) is 23.7. The van der Waals surface area contributed by atoms with E-state index < -0.39 is 6.10 Å². The van der Waals surface area contributed by atoms with Gasteiger partial charge in [-0.15, -0.1) is 22.7 Å². The Morgan fingerprint density at radius 2 is 1.33 bits per heavy atom. The van der Waals surface area contributed by atoms with Crippen LogP contribution in [-0.4, -0.2) is 25.0 Å². The number of aliphatic hydroxyl groups excluding tert-OH is 1. The normalized spacial score (nSPS) is 12.7. The molecule has 0 aliphatic rings. The second-order valence-corrected chi connectivity index (χ2v) is 13.8. The first-order valence-corrected chi connectivity index (χ1v) is 16.7. The number of fused-ring (bicyclic) bond motifs is 6. The molecular weight excluding hydrogens is 640 g/mol. The number of benzene rings is 3. The molecule has 7 nitrogen and oxygen atoms in total. The van der Waals surface area contributed by atoms with Crippen molar-refractivity contribution in [2.45, 2.75) is 45.6 Å². The lowest BCUT2D eigenvalue weighted by Gasteiger charge is -2.16. The number of rotatable bonds is 7. The van der Waals surface area contributed by atoms with Gasteiger partial charge in [0.05, 0.1) is 30.4 Å². The Kier molecular flexibility index (Phi) is 7.25. The lowest BCUT2D eigenvalue weighted by Crippen LogP contribution is -2.03. The van der Waals surface area contributed by atoms with Crippen LogP contribution in [0.5, 0.6) is 0 Å². The van der Waals surface area contributed by atoms with Gasteiger partial charge in [-0.05, 0) is 66.6 Å². The summed E-state index contributed by atoms with van der Waals surface area (Å²) in [5.41, 5.74) is 19.3. The van der Waals surface area contributed by atoms with Crippen molar-refractivity contribution in [3.63, 3.8) is 0 Å². The fourth-order valence-electron chi connectivity index (χ4n) is 5.60. The van der Waals surface area contributed by atoms with E-state index in [2.05, 4.69) is 46.9 Å². The standard InChI is InChI=1S/C33H29BrN6OS2/c1-3-5-24-38-27-30(42-24)20-13-18(11-12-23(20)37-32(27)35)16-7-9-17(10-8-16)29(41)21-14-19(34)15-22-26(21)40-33(36)28-31(22)43-25(39-28)6-4-2/h7-15,29,41H,3-6H2,1-2H3,(H2,35,37)(H2,36,40). The zero-order chi connectivity index (χ0) is 29.8. The minimum absolute atomic E-state index is 0.386. The molecule has 0 radical (unpaired) electrons. The molecule has 0 aliphatic carbocycles. The maximum atomic E-state index is 11.6. The van der Waals surface area contributed by atoms with Crippen LogP contribution >= 0.6 is 38.6 Å². The van der Waals surface area contributed by atoms with Crippen LogP contribution in [0.2, 0.25) is 0 Å². The third-order valence-corrected chi connectivity index (χ3v) is 10.4. The zero-order valence-corrected chi connectivity index (χ0v) is 26.9. The molecule has 3 aromatic carbocycles. The molecule has 0 amide bonds. The Morgan fingerprint density at radius 3 is 1.98 bits per heavy atom. The Balaban J connectivity index is 1.27. The van der Waals surface area contributed by atoms with Crippen molar-refractivity contribution in [3.05, 3.63) is 80.2 Å². The van der Waals surface area contributed by atoms with Crippen LogP contribution in [0.25, 0.3) is 53.4 Å². The maximum Gasteiger partial charge on any atom is 0.151 e. The minimum atomic E-state index is -0.890. The molecule has 7 aromatic rings. The first-order valence-electron chi connectivity index (χ1n) is 14.3. The highest BCUT2D eigenvalue weighted by molar-refractivity contribution is 9.10. The number of anilines is 2. The van der Waals surface area contributed by atoms with Crippen LogP contribution in [0.4, 0.5) is 11.6 Å². The van der Waals surface area contributed by atoms with Crippen molar-refractivity contribution in [1.82, 2.24) is 19.9 Å². The highest BCUT2D eigenvalue weighted by atomic mass is 79.9. The van der Waals surface area contributed by atoms with Gasteiger partial charge in [-0.25, -0.2) is 19.9 Å². The van der Waals surface area contributed by atoms with Crippen molar-refractivity contribution in [3.8, 4) is 11.1 Å². The van der Waals surface area contributed by atoms with Crippen molar-refractivity contribution >= 4 is 92.5 Å². The predicted octanol–water partition coefficient (Wildman–Crippen LogP) is 8.58. The number of nitrogens with two attached hydrogens (primary N) is 2. The van der Waals surface area contributed by atoms with Crippen molar-refractivity contribution in [1.29, 1.82) is 0 Å². The summed E-state index contributed by atoms with van der Waals surface area (Å²) < 4.78 is 2.94. The average molecular weight is 670 g/mol. The number of aliphatic hydroxyl groups is 1. The third-order valence-electron chi connectivity index (χ3n) is 7.67. The maximum absolute atomic E-state index is 11.6. The fraction of sp³-hybridized carbons (Fsp3) is 0.212. The van der Waals surface area contributed by atoms with E-state index >= 15 is 0 Å². The Bertz CT molecular complexity index is 2170. The van der Waals surface area contributed by atoms with E-state index in [1.165, 1.54) is 0 Å². The predicted molar refractivity (Wildman–Crippen MR) is 184 cm³/mol. The molecule has 0 spiro atoms. The van der Waals surface area contributed by atoms with E-state index in [1.54, 1.807) is 22.7 Å². The van der Waals surface area contributed by atoms with Crippen molar-refractivity contribution in [2.24, 2.45) is 0 Å². The second-order valence-electron chi connectivity index (χ2n) is 10.7. The minimum Gasteiger partial charge on any atom is -0.384 e. The van der Waals surface area contributed by atoms with Crippen LogP contribution in [0.1, 0.15) is 53.9 Å². The van der Waals surface area contributed by atoms with Gasteiger partial charge in [-0.2, -0.15) is 0 Å². The van der Waals surface area contributed by atoms with Gasteiger partial charge in [0.15, 0.2) is 11.6 Å². The molecular formula is C33H29BrN6OS2. The molecule has 5 N–H and O–H groups in total. The summed E-state index contributed by atoms with van der Waals surface area (Å²) in [6.07, 6.45) is 2.97. The summed E-state index contributed by atoms with van der Waals surface area (Å²) in [5, 5.41) is 15.7. The third kappa shape index (κ3) is 4.92. The van der Waals surface area contributed by atoms with Crippen molar-refractivity contribution < 1.29 is 5.11 Å². The van der Waals surface area contributed by atoms with Crippen LogP contribution in [0.3, 0.4) is 0 Å². The van der Waals surface area contributed by atoms with Gasteiger partial charge in [0.1, 0.15) is 17.1 Å². The van der Waals surface area contributed by atoms with Crippen LogP contribution in [-0.2, 0) is 12.8 Å². The quantitative estimate of drug-likeness (QED) is 0.155. The van der Waals surface area contributed by atoms with E-state index in [-0.39, 0.29) is 0 Å². The number of thiazole rings is 2. The number of aromatic nitrogens is 4. The van der Waals surface area contributed by atoms with Gasteiger partial charge in [0.25, 0.3) is 0 Å². The highest BCUT2D eigenvalue weighted by Gasteiger charge is 2.21. The molecule has 0 fully saturated rings. The number of hydrogen-bond acceptors (Lipinski definition) is 9. The molecule has 0 bridgehead atoms. The van der Waals surface area contributed by atoms with Crippen molar-refractivity contribution in [2.75, 3.05) is 11.5 Å². The van der Waals surface area contributed by atoms with Crippen LogP contribution in [0.15, 0.2) is 59.1 Å². The summed E-state index contributed by atoms with van der Waals surface area (Å²) in [5.74, 6) is 0.859. The van der Waals surface area contributed by atoms with E-state index in [1.807, 2.05) is 42.5 Å². The topological polar surface area (TPSA) is 124 Å². The second kappa shape index (κ2) is 11.1. The summed E-state index contributed by atoms with van der Waals surface area (Å²) in [7, 11) is 0. The molecule has 4 aromatic heterocycles. The molecule has 4 heterocycles. The number of pyridine rings is 2. The summed E-state index contributed by atoms with van der Waals surface area (Å²) in [6, 6.07) is 18.2. The highest BCUT2D eigenvalue weighted by Crippen LogP contribution is 2.40. The van der Waals surface area contributed by atoms with E-state index in [0.717, 1.165) is 93.6 Å². The molecule has 1 unspecified atom stereocenters. The SMILES string of the molecule is CCCc1nc2c(N)nc3ccc(-c4ccc(C(O)c5cc(Br)cc6c5nc(N)c5nc(CCC)sc56)cc4)cc3c2s1. The molecule has 1 atom stereocenters. The van der Waals surface area contributed by atoms with E-state index in [4.69, 9.17) is 26.4 Å². The number of hydrogen-bond donors (Lipinski definition) is 3. The van der Waals surface area contributed by atoms with Gasteiger partial charge in [-0.1, -0.05) is 60.1 Å². The van der Waals surface area contributed by atoms with Gasteiger partial charge < -0.3 is 16.6 Å². The van der Waals surface area contributed by atoms with Gasteiger partial charge >= 0.3 is 0 Å². The Hall–Kier alpha value is -3.70. The van der Waals surface area contributed by atoms with Crippen LogP contribution < -0.4 is 11.5 Å². The average Bonchev–Trinajstić information content (AvgIpc) is 3.63. The smallest absolute Gasteiger partial charge is 0.151 e. The molecule has 43 heavy (non-hydrogen) atoms. The number of halogens is 1. The number of nitrogens with zero attached hydrogens (tertiary/aromatic N) is 4. The largest absolute Gasteiger partial charge is 0.384 e. The Labute approximate surface area is 264 Å².